The van der Waals surface area contributed by atoms with Crippen LogP contribution in [-0.4, -0.2) is 36.8 Å². The summed E-state index contributed by atoms with van der Waals surface area (Å²) in [4.78, 5) is 7.72. The Morgan fingerprint density at radius 2 is 1.61 bits per heavy atom. The first kappa shape index (κ1) is 18.9. The summed E-state index contributed by atoms with van der Waals surface area (Å²) < 4.78 is 0. The van der Waals surface area contributed by atoms with Crippen molar-refractivity contribution in [3.63, 3.8) is 0 Å². The summed E-state index contributed by atoms with van der Waals surface area (Å²) in [5.74, 6) is 0. The second-order valence-corrected chi connectivity index (χ2v) is 7.88. The highest BCUT2D eigenvalue weighted by atomic mass is 15.1. The Labute approximate surface area is 168 Å². The zero-order chi connectivity index (χ0) is 19.2. The van der Waals surface area contributed by atoms with E-state index in [1.165, 1.54) is 66.4 Å². The van der Waals surface area contributed by atoms with Crippen LogP contribution < -0.4 is 0 Å². The molecule has 3 aromatic rings. The van der Waals surface area contributed by atoms with Gasteiger partial charge >= 0.3 is 0 Å². The molecule has 2 heteroatoms. The van der Waals surface area contributed by atoms with E-state index in [4.69, 9.17) is 4.99 Å². The van der Waals surface area contributed by atoms with E-state index in [1.54, 1.807) is 0 Å². The number of likely N-dealkylation sites (tertiary alicyclic amines) is 1. The largest absolute Gasteiger partial charge is 0.303 e. The Morgan fingerprint density at radius 3 is 2.43 bits per heavy atom. The Kier molecular flexibility index (Phi) is 6.18. The van der Waals surface area contributed by atoms with E-state index in [-0.39, 0.29) is 0 Å². The first-order chi connectivity index (χ1) is 13.8. The first-order valence-electron chi connectivity index (χ1n) is 10.6. The van der Waals surface area contributed by atoms with Crippen molar-refractivity contribution in [2.75, 3.05) is 26.2 Å². The average molecular weight is 371 g/mol. The zero-order valence-corrected chi connectivity index (χ0v) is 16.9. The van der Waals surface area contributed by atoms with Gasteiger partial charge in [0.2, 0.25) is 0 Å². The molecule has 0 N–H and O–H groups in total. The molecule has 3 aromatic carbocycles. The van der Waals surface area contributed by atoms with Gasteiger partial charge in [0.25, 0.3) is 0 Å². The van der Waals surface area contributed by atoms with Crippen LogP contribution in [0.5, 0.6) is 0 Å². The van der Waals surface area contributed by atoms with E-state index in [0.717, 1.165) is 18.7 Å². The highest BCUT2D eigenvalue weighted by Gasteiger charge is 2.12. The second kappa shape index (κ2) is 9.16. The minimum absolute atomic E-state index is 0.878. The van der Waals surface area contributed by atoms with Crippen LogP contribution in [0, 0.1) is 6.92 Å². The first-order valence-corrected chi connectivity index (χ1v) is 10.6. The predicted octanol–water partition coefficient (Wildman–Crippen LogP) is 5.86. The van der Waals surface area contributed by atoms with Crippen LogP contribution in [0.4, 0.5) is 0 Å². The normalized spacial score (nSPS) is 15.8. The summed E-state index contributed by atoms with van der Waals surface area (Å²) in [5, 5.41) is 2.55. The molecule has 0 unspecified atom stereocenters. The van der Waals surface area contributed by atoms with Gasteiger partial charge in [0.15, 0.2) is 0 Å². The van der Waals surface area contributed by atoms with Crippen LogP contribution in [0.25, 0.3) is 10.8 Å². The van der Waals surface area contributed by atoms with Crippen molar-refractivity contribution in [3.05, 3.63) is 83.4 Å². The Morgan fingerprint density at radius 1 is 0.857 bits per heavy atom. The third kappa shape index (κ3) is 4.51. The van der Waals surface area contributed by atoms with E-state index in [9.17, 15) is 0 Å². The minimum atomic E-state index is 0.878. The Balaban J connectivity index is 1.61. The number of fused-ring (bicyclic) bond motifs is 1. The van der Waals surface area contributed by atoms with Gasteiger partial charge in [0.05, 0.1) is 5.71 Å². The second-order valence-electron chi connectivity index (χ2n) is 7.88. The average Bonchev–Trinajstić information content (AvgIpc) is 2.75. The lowest BCUT2D eigenvalue weighted by atomic mass is 9.96. The van der Waals surface area contributed by atoms with E-state index in [1.807, 2.05) is 0 Å². The molecule has 0 aliphatic carbocycles. The fraction of sp³-hybridized carbons (Fsp3) is 0.346. The molecule has 0 atom stereocenters. The molecular weight excluding hydrogens is 340 g/mol. The van der Waals surface area contributed by atoms with Gasteiger partial charge in [-0.25, -0.2) is 0 Å². The van der Waals surface area contributed by atoms with Gasteiger partial charge in [-0.1, -0.05) is 78.7 Å². The summed E-state index contributed by atoms with van der Waals surface area (Å²) >= 11 is 0. The van der Waals surface area contributed by atoms with Crippen molar-refractivity contribution in [1.29, 1.82) is 0 Å². The molecule has 0 radical (unpaired) electrons. The molecule has 1 heterocycles. The molecule has 1 aliphatic rings. The SMILES string of the molecule is Cc1ccc(C(=NCCCN2CCCCC2)c2cccc3ccccc23)cc1. The molecule has 4 rings (SSSR count). The van der Waals surface area contributed by atoms with E-state index >= 15 is 0 Å². The molecule has 1 saturated heterocycles. The van der Waals surface area contributed by atoms with Crippen LogP contribution in [-0.2, 0) is 0 Å². The third-order valence-corrected chi connectivity index (χ3v) is 5.72. The van der Waals surface area contributed by atoms with Gasteiger partial charge in [-0.3, -0.25) is 4.99 Å². The van der Waals surface area contributed by atoms with Crippen LogP contribution in [0.15, 0.2) is 71.7 Å². The van der Waals surface area contributed by atoms with Crippen molar-refractivity contribution in [3.8, 4) is 0 Å². The van der Waals surface area contributed by atoms with Gasteiger partial charge in [-0.2, -0.15) is 0 Å². The topological polar surface area (TPSA) is 15.6 Å². The lowest BCUT2D eigenvalue weighted by Crippen LogP contribution is -2.30. The van der Waals surface area contributed by atoms with Crippen molar-refractivity contribution in [2.24, 2.45) is 4.99 Å². The molecule has 2 nitrogen and oxygen atoms in total. The number of nitrogens with zero attached hydrogens (tertiary/aromatic N) is 2. The van der Waals surface area contributed by atoms with E-state index in [0.29, 0.717) is 0 Å². The molecule has 0 saturated carbocycles. The summed E-state index contributed by atoms with van der Waals surface area (Å²) in [6, 6.07) is 23.9. The molecule has 1 aliphatic heterocycles. The summed E-state index contributed by atoms with van der Waals surface area (Å²) in [7, 11) is 0. The number of aliphatic imine (C=N–C) groups is 1. The van der Waals surface area contributed by atoms with Gasteiger partial charge < -0.3 is 4.90 Å². The van der Waals surface area contributed by atoms with Crippen LogP contribution >= 0.6 is 0 Å². The highest BCUT2D eigenvalue weighted by molar-refractivity contribution is 6.19. The van der Waals surface area contributed by atoms with Crippen molar-refractivity contribution < 1.29 is 0 Å². The molecule has 0 aromatic heterocycles. The number of hydrogen-bond acceptors (Lipinski definition) is 2. The number of benzene rings is 3. The maximum Gasteiger partial charge on any atom is 0.0725 e. The fourth-order valence-corrected chi connectivity index (χ4v) is 4.14. The predicted molar refractivity (Wildman–Crippen MR) is 121 cm³/mol. The van der Waals surface area contributed by atoms with Gasteiger partial charge in [-0.05, 0) is 56.6 Å². The number of hydrogen-bond donors (Lipinski definition) is 0. The summed E-state index contributed by atoms with van der Waals surface area (Å²) in [5.41, 5.74) is 4.85. The van der Waals surface area contributed by atoms with Crippen molar-refractivity contribution in [1.82, 2.24) is 4.90 Å². The van der Waals surface area contributed by atoms with Gasteiger partial charge in [0.1, 0.15) is 0 Å². The third-order valence-electron chi connectivity index (χ3n) is 5.72. The highest BCUT2D eigenvalue weighted by Crippen LogP contribution is 2.22. The molecular formula is C26H30N2. The number of rotatable bonds is 6. The smallest absolute Gasteiger partial charge is 0.0725 e. The number of aryl methyl sites for hydroxylation is 1. The lowest BCUT2D eigenvalue weighted by molar-refractivity contribution is 0.228. The standard InChI is InChI=1S/C26H30N2/c1-21-13-15-23(16-14-21)26(27-17-8-20-28-18-5-2-6-19-28)25-12-7-10-22-9-3-4-11-24(22)25/h3-4,7,9-16H,2,5-6,8,17-20H2,1H3. The van der Waals surface area contributed by atoms with E-state index in [2.05, 4.69) is 78.6 Å². The monoisotopic (exact) mass is 370 g/mol. The molecule has 144 valence electrons. The fourth-order valence-electron chi connectivity index (χ4n) is 4.14. The lowest BCUT2D eigenvalue weighted by Gasteiger charge is -2.26. The minimum Gasteiger partial charge on any atom is -0.303 e. The summed E-state index contributed by atoms with van der Waals surface area (Å²) in [6.45, 7) is 6.70. The Bertz CT molecular complexity index is 929. The van der Waals surface area contributed by atoms with Crippen LogP contribution in [0.2, 0.25) is 0 Å². The van der Waals surface area contributed by atoms with Gasteiger partial charge in [-0.15, -0.1) is 0 Å². The van der Waals surface area contributed by atoms with Crippen LogP contribution in [0.3, 0.4) is 0 Å². The Hall–Kier alpha value is -2.45. The molecule has 0 spiro atoms. The quantitative estimate of drug-likeness (QED) is 0.392. The zero-order valence-electron chi connectivity index (χ0n) is 16.9. The maximum absolute atomic E-state index is 5.12. The molecule has 0 bridgehead atoms. The van der Waals surface area contributed by atoms with Gasteiger partial charge in [0, 0.05) is 17.7 Å². The number of piperidine rings is 1. The van der Waals surface area contributed by atoms with Crippen molar-refractivity contribution >= 4 is 16.5 Å². The summed E-state index contributed by atoms with van der Waals surface area (Å²) in [6.07, 6.45) is 5.23. The molecule has 28 heavy (non-hydrogen) atoms. The van der Waals surface area contributed by atoms with E-state index < -0.39 is 0 Å². The molecule has 1 fully saturated rings. The molecule has 0 amide bonds. The van der Waals surface area contributed by atoms with Crippen LogP contribution in [0.1, 0.15) is 42.4 Å². The van der Waals surface area contributed by atoms with Crippen molar-refractivity contribution in [2.45, 2.75) is 32.6 Å². The maximum atomic E-state index is 5.12.